The Morgan fingerprint density at radius 2 is 1.85 bits per heavy atom. The molecular weight excluding hydrogens is 177 g/mol. The third-order valence-electron chi connectivity index (χ3n) is 2.98. The molecule has 0 aromatic carbocycles. The molecule has 0 aromatic rings. The van der Waals surface area contributed by atoms with Gasteiger partial charge in [0, 0.05) is 6.42 Å². The van der Waals surface area contributed by atoms with Crippen molar-refractivity contribution in [3.8, 4) is 0 Å². The van der Waals surface area contributed by atoms with Crippen molar-refractivity contribution < 1.29 is 13.2 Å². The first-order valence-corrected chi connectivity index (χ1v) is 4.60. The fourth-order valence-electron chi connectivity index (χ4n) is 1.92. The molecule has 0 heterocycles. The van der Waals surface area contributed by atoms with Crippen LogP contribution in [-0.4, -0.2) is 0 Å². The Balaban J connectivity index is 2.12. The summed E-state index contributed by atoms with van der Waals surface area (Å²) in [7, 11) is 0. The largest absolute Gasteiger partial charge is 0.208 e. The van der Waals surface area contributed by atoms with Gasteiger partial charge in [-0.05, 0) is 30.8 Å². The average molecular weight is 188 g/mol. The van der Waals surface area contributed by atoms with E-state index in [4.69, 9.17) is 0 Å². The first-order valence-electron chi connectivity index (χ1n) is 4.60. The maximum absolute atomic E-state index is 12.8. The Labute approximate surface area is 75.1 Å². The summed E-state index contributed by atoms with van der Waals surface area (Å²) >= 11 is 0. The Morgan fingerprint density at radius 1 is 1.15 bits per heavy atom. The van der Waals surface area contributed by atoms with E-state index in [1.807, 2.05) is 0 Å². The van der Waals surface area contributed by atoms with Crippen LogP contribution in [0.15, 0.2) is 23.6 Å². The SMILES string of the molecule is FC1=CC(C2CCC2)CC(F)=C1F. The Morgan fingerprint density at radius 3 is 2.31 bits per heavy atom. The zero-order chi connectivity index (χ0) is 9.42. The summed E-state index contributed by atoms with van der Waals surface area (Å²) in [6.45, 7) is 0. The molecule has 1 fully saturated rings. The summed E-state index contributed by atoms with van der Waals surface area (Å²) in [6, 6.07) is 0. The van der Waals surface area contributed by atoms with E-state index in [0.29, 0.717) is 5.92 Å². The lowest BCUT2D eigenvalue weighted by atomic mass is 9.73. The molecule has 0 amide bonds. The van der Waals surface area contributed by atoms with Crippen LogP contribution in [0.4, 0.5) is 13.2 Å². The van der Waals surface area contributed by atoms with Crippen molar-refractivity contribution in [2.45, 2.75) is 25.7 Å². The number of allylic oxidation sites excluding steroid dienone is 4. The van der Waals surface area contributed by atoms with E-state index in [9.17, 15) is 13.2 Å². The van der Waals surface area contributed by atoms with Gasteiger partial charge in [-0.15, -0.1) is 0 Å². The lowest BCUT2D eigenvalue weighted by Gasteiger charge is -2.32. The molecule has 0 nitrogen and oxygen atoms in total. The highest BCUT2D eigenvalue weighted by molar-refractivity contribution is 5.27. The van der Waals surface area contributed by atoms with Gasteiger partial charge in [0.15, 0.2) is 11.7 Å². The Hall–Kier alpha value is -0.730. The van der Waals surface area contributed by atoms with E-state index in [-0.39, 0.29) is 12.3 Å². The molecule has 0 bridgehead atoms. The van der Waals surface area contributed by atoms with Gasteiger partial charge in [0.1, 0.15) is 5.83 Å². The van der Waals surface area contributed by atoms with Gasteiger partial charge in [-0.3, -0.25) is 0 Å². The van der Waals surface area contributed by atoms with Crippen LogP contribution >= 0.6 is 0 Å². The lowest BCUT2D eigenvalue weighted by Crippen LogP contribution is -2.22. The zero-order valence-corrected chi connectivity index (χ0v) is 7.19. The third-order valence-corrected chi connectivity index (χ3v) is 2.98. The zero-order valence-electron chi connectivity index (χ0n) is 7.19. The molecule has 0 aliphatic heterocycles. The maximum atomic E-state index is 12.8. The quantitative estimate of drug-likeness (QED) is 0.587. The second kappa shape index (κ2) is 3.20. The van der Waals surface area contributed by atoms with Crippen LogP contribution in [0.1, 0.15) is 25.7 Å². The van der Waals surface area contributed by atoms with Crippen LogP contribution in [0.3, 0.4) is 0 Å². The van der Waals surface area contributed by atoms with Gasteiger partial charge in [-0.1, -0.05) is 6.42 Å². The predicted octanol–water partition coefficient (Wildman–Crippen LogP) is 3.81. The fraction of sp³-hybridized carbons (Fsp3) is 0.600. The smallest absolute Gasteiger partial charge is 0.189 e. The molecule has 0 saturated heterocycles. The van der Waals surface area contributed by atoms with Gasteiger partial charge in [-0.2, -0.15) is 0 Å². The van der Waals surface area contributed by atoms with E-state index >= 15 is 0 Å². The van der Waals surface area contributed by atoms with E-state index < -0.39 is 17.5 Å². The second-order valence-electron chi connectivity index (χ2n) is 3.79. The summed E-state index contributed by atoms with van der Waals surface area (Å²) in [5.74, 6) is -2.98. The highest BCUT2D eigenvalue weighted by atomic mass is 19.2. The molecule has 3 heteroatoms. The molecular formula is C10H11F3. The summed E-state index contributed by atoms with van der Waals surface area (Å²) in [5.41, 5.74) is 0. The number of hydrogen-bond acceptors (Lipinski definition) is 0. The molecule has 0 aromatic heterocycles. The molecule has 2 aliphatic carbocycles. The van der Waals surface area contributed by atoms with Crippen molar-refractivity contribution in [2.75, 3.05) is 0 Å². The van der Waals surface area contributed by atoms with E-state index in [1.165, 1.54) is 6.08 Å². The van der Waals surface area contributed by atoms with Crippen molar-refractivity contribution in [3.63, 3.8) is 0 Å². The lowest BCUT2D eigenvalue weighted by molar-refractivity contribution is 0.224. The molecule has 1 atom stereocenters. The highest BCUT2D eigenvalue weighted by Gasteiger charge is 2.31. The molecule has 2 rings (SSSR count). The standard InChI is InChI=1S/C10H11F3/c11-8-4-7(6-2-1-3-6)5-9(12)10(8)13/h4,6-7H,1-3,5H2. The second-order valence-corrected chi connectivity index (χ2v) is 3.79. The fourth-order valence-corrected chi connectivity index (χ4v) is 1.92. The summed E-state index contributed by atoms with van der Waals surface area (Å²) < 4.78 is 38.2. The number of hydrogen-bond donors (Lipinski definition) is 0. The van der Waals surface area contributed by atoms with Gasteiger partial charge >= 0.3 is 0 Å². The first-order chi connectivity index (χ1) is 6.18. The van der Waals surface area contributed by atoms with Gasteiger partial charge in [-0.25, -0.2) is 13.2 Å². The van der Waals surface area contributed by atoms with E-state index in [2.05, 4.69) is 0 Å². The van der Waals surface area contributed by atoms with Gasteiger partial charge < -0.3 is 0 Å². The van der Waals surface area contributed by atoms with Gasteiger partial charge in [0.05, 0.1) is 0 Å². The van der Waals surface area contributed by atoms with E-state index in [0.717, 1.165) is 19.3 Å². The molecule has 0 N–H and O–H groups in total. The van der Waals surface area contributed by atoms with Crippen molar-refractivity contribution in [1.29, 1.82) is 0 Å². The molecule has 2 aliphatic rings. The minimum atomic E-state index is -1.30. The summed E-state index contributed by atoms with van der Waals surface area (Å²) in [5, 5.41) is 0. The van der Waals surface area contributed by atoms with Gasteiger partial charge in [0.2, 0.25) is 0 Å². The van der Waals surface area contributed by atoms with Crippen molar-refractivity contribution in [1.82, 2.24) is 0 Å². The van der Waals surface area contributed by atoms with Crippen molar-refractivity contribution >= 4 is 0 Å². The summed E-state index contributed by atoms with van der Waals surface area (Å²) in [4.78, 5) is 0. The van der Waals surface area contributed by atoms with Crippen LogP contribution < -0.4 is 0 Å². The van der Waals surface area contributed by atoms with Crippen LogP contribution in [0.5, 0.6) is 0 Å². The molecule has 1 saturated carbocycles. The van der Waals surface area contributed by atoms with Crippen LogP contribution in [-0.2, 0) is 0 Å². The van der Waals surface area contributed by atoms with Gasteiger partial charge in [0.25, 0.3) is 0 Å². The first kappa shape index (κ1) is 8.85. The van der Waals surface area contributed by atoms with Crippen molar-refractivity contribution in [3.05, 3.63) is 23.6 Å². The highest BCUT2D eigenvalue weighted by Crippen LogP contribution is 2.42. The normalized spacial score (nSPS) is 30.1. The van der Waals surface area contributed by atoms with Crippen molar-refractivity contribution in [2.24, 2.45) is 11.8 Å². The Kier molecular flexibility index (Phi) is 2.18. The van der Waals surface area contributed by atoms with E-state index in [1.54, 1.807) is 0 Å². The molecule has 1 unspecified atom stereocenters. The monoisotopic (exact) mass is 188 g/mol. The topological polar surface area (TPSA) is 0 Å². The van der Waals surface area contributed by atoms with Crippen LogP contribution in [0.25, 0.3) is 0 Å². The average Bonchev–Trinajstić information content (AvgIpc) is 1.96. The number of halogens is 3. The minimum Gasteiger partial charge on any atom is -0.208 e. The minimum absolute atomic E-state index is 0.0456. The molecule has 13 heavy (non-hydrogen) atoms. The van der Waals surface area contributed by atoms with Crippen LogP contribution in [0, 0.1) is 11.8 Å². The summed E-state index contributed by atoms with van der Waals surface area (Å²) in [6.07, 6.45) is 4.45. The molecule has 0 radical (unpaired) electrons. The molecule has 72 valence electrons. The predicted molar refractivity (Wildman–Crippen MR) is 43.9 cm³/mol. The Bertz CT molecular complexity index is 274. The number of rotatable bonds is 1. The maximum Gasteiger partial charge on any atom is 0.189 e. The van der Waals surface area contributed by atoms with Crippen LogP contribution in [0.2, 0.25) is 0 Å². The third kappa shape index (κ3) is 1.52. The molecule has 0 spiro atoms.